The number of aryl methyl sites for hydroxylation is 1. The summed E-state index contributed by atoms with van der Waals surface area (Å²) in [6, 6.07) is 16.2. The van der Waals surface area contributed by atoms with Gasteiger partial charge in [-0.2, -0.15) is 4.98 Å². The first-order chi connectivity index (χ1) is 18.3. The minimum absolute atomic E-state index is 0.0292. The number of hydrogen-bond acceptors (Lipinski definition) is 5. The summed E-state index contributed by atoms with van der Waals surface area (Å²) in [5.41, 5.74) is 1.37. The highest BCUT2D eigenvalue weighted by molar-refractivity contribution is 6.00. The molecule has 0 saturated heterocycles. The predicted octanol–water partition coefficient (Wildman–Crippen LogP) is 6.57. The Hall–Kier alpha value is -3.22. The molecule has 7 heteroatoms. The molecule has 0 atom stereocenters. The Labute approximate surface area is 222 Å². The molecule has 0 unspecified atom stereocenters. The standard InChI is InChI=1S/C31H34FN3O3/c1-21-33-26(38-34-21)29-12-9-28(10-13-29,11-14-29)20-35(27(36)30-17-31(32,18-30)19-30)24-7-3-5-22(15-24)23-6-4-8-25(16-23)37-2/h3-8,15-16H,9-14,17-20H2,1-2H3. The van der Waals surface area contributed by atoms with E-state index in [1.54, 1.807) is 7.11 Å². The van der Waals surface area contributed by atoms with E-state index in [-0.39, 0.29) is 16.7 Å². The lowest BCUT2D eigenvalue weighted by Gasteiger charge is -2.65. The zero-order valence-electron chi connectivity index (χ0n) is 22.1. The third-order valence-electron chi connectivity index (χ3n) is 10.1. The van der Waals surface area contributed by atoms with Crippen LogP contribution in [0.5, 0.6) is 5.75 Å². The average Bonchev–Trinajstić information content (AvgIpc) is 3.37. The van der Waals surface area contributed by atoms with Crippen LogP contribution in [0.3, 0.4) is 0 Å². The van der Waals surface area contributed by atoms with Crippen molar-refractivity contribution in [3.63, 3.8) is 0 Å². The van der Waals surface area contributed by atoms with Gasteiger partial charge in [0.05, 0.1) is 12.5 Å². The number of aromatic nitrogens is 2. The highest BCUT2D eigenvalue weighted by Gasteiger charge is 2.73. The van der Waals surface area contributed by atoms with Crippen LogP contribution in [0.25, 0.3) is 11.1 Å². The maximum Gasteiger partial charge on any atom is 0.233 e. The molecular formula is C31H34FN3O3. The van der Waals surface area contributed by atoms with Gasteiger partial charge in [0.25, 0.3) is 0 Å². The molecule has 6 nitrogen and oxygen atoms in total. The second kappa shape index (κ2) is 8.14. The van der Waals surface area contributed by atoms with Crippen molar-refractivity contribution < 1.29 is 18.4 Å². The summed E-state index contributed by atoms with van der Waals surface area (Å²) in [6.45, 7) is 2.54. The molecule has 0 radical (unpaired) electrons. The SMILES string of the molecule is COc1cccc(-c2cccc(N(CC34CCC(c5nc(C)no5)(CC3)CC4)C(=O)C34CC(F)(C3)C4)c2)c1. The largest absolute Gasteiger partial charge is 0.497 e. The van der Waals surface area contributed by atoms with Crippen LogP contribution in [-0.4, -0.2) is 35.4 Å². The molecule has 38 heavy (non-hydrogen) atoms. The molecule has 9 rings (SSSR count). The van der Waals surface area contributed by atoms with E-state index in [1.165, 1.54) is 0 Å². The first-order valence-electron chi connectivity index (χ1n) is 13.8. The molecule has 6 saturated carbocycles. The van der Waals surface area contributed by atoms with Gasteiger partial charge in [-0.15, -0.1) is 0 Å². The number of fused-ring (bicyclic) bond motifs is 3. The number of rotatable bonds is 7. The highest BCUT2D eigenvalue weighted by atomic mass is 19.1. The molecule has 0 N–H and O–H groups in total. The van der Waals surface area contributed by atoms with Crippen LogP contribution in [0.2, 0.25) is 0 Å². The molecule has 1 heterocycles. The van der Waals surface area contributed by atoms with Gasteiger partial charge < -0.3 is 14.2 Å². The zero-order chi connectivity index (χ0) is 26.2. The van der Waals surface area contributed by atoms with Gasteiger partial charge >= 0.3 is 0 Å². The number of benzene rings is 2. The van der Waals surface area contributed by atoms with Gasteiger partial charge in [-0.05, 0) is 106 Å². The summed E-state index contributed by atoms with van der Waals surface area (Å²) >= 11 is 0. The summed E-state index contributed by atoms with van der Waals surface area (Å²) in [7, 11) is 1.67. The topological polar surface area (TPSA) is 68.5 Å². The number of carbonyl (C=O) groups excluding carboxylic acids is 1. The molecule has 1 amide bonds. The lowest BCUT2D eigenvalue weighted by molar-refractivity contribution is -0.211. The van der Waals surface area contributed by atoms with Crippen molar-refractivity contribution in [3.05, 3.63) is 60.2 Å². The first-order valence-corrected chi connectivity index (χ1v) is 13.8. The lowest BCUT2D eigenvalue weighted by Crippen LogP contribution is -2.71. The van der Waals surface area contributed by atoms with Gasteiger partial charge in [0.1, 0.15) is 11.4 Å². The molecule has 198 valence electrons. The maximum absolute atomic E-state index is 14.5. The van der Waals surface area contributed by atoms with Crippen LogP contribution in [0.1, 0.15) is 69.5 Å². The van der Waals surface area contributed by atoms with Crippen LogP contribution in [0, 0.1) is 17.8 Å². The van der Waals surface area contributed by atoms with Gasteiger partial charge in [-0.1, -0.05) is 29.4 Å². The van der Waals surface area contributed by atoms with Gasteiger partial charge in [0.2, 0.25) is 11.8 Å². The summed E-state index contributed by atoms with van der Waals surface area (Å²) in [6.07, 6.45) is 7.18. The maximum atomic E-state index is 14.5. The summed E-state index contributed by atoms with van der Waals surface area (Å²) in [4.78, 5) is 20.7. The van der Waals surface area contributed by atoms with E-state index in [0.717, 1.165) is 67.0 Å². The Morgan fingerprint density at radius 2 is 1.66 bits per heavy atom. The lowest BCUT2D eigenvalue weighted by atomic mass is 9.41. The van der Waals surface area contributed by atoms with Crippen molar-refractivity contribution in [2.24, 2.45) is 10.8 Å². The van der Waals surface area contributed by atoms with E-state index in [2.05, 4.69) is 28.3 Å². The number of hydrogen-bond donors (Lipinski definition) is 0. The summed E-state index contributed by atoms with van der Waals surface area (Å²) in [5, 5.41) is 4.05. The van der Waals surface area contributed by atoms with E-state index in [0.29, 0.717) is 31.6 Å². The fraction of sp³-hybridized carbons (Fsp3) is 0.516. The Morgan fingerprint density at radius 1 is 1.00 bits per heavy atom. The fourth-order valence-electron chi connectivity index (χ4n) is 7.78. The zero-order valence-corrected chi connectivity index (χ0v) is 22.1. The van der Waals surface area contributed by atoms with Crippen molar-refractivity contribution in [1.29, 1.82) is 0 Å². The van der Waals surface area contributed by atoms with Crippen LogP contribution in [-0.2, 0) is 10.2 Å². The van der Waals surface area contributed by atoms with E-state index in [4.69, 9.17) is 9.26 Å². The Balaban J connectivity index is 1.19. The van der Waals surface area contributed by atoms with E-state index in [9.17, 15) is 9.18 Å². The van der Waals surface area contributed by atoms with Gasteiger partial charge in [-0.25, -0.2) is 4.39 Å². The third-order valence-corrected chi connectivity index (χ3v) is 10.1. The number of anilines is 1. The van der Waals surface area contributed by atoms with Crippen molar-refractivity contribution in [2.45, 2.75) is 75.8 Å². The minimum atomic E-state index is -1.11. The number of carbonyl (C=O) groups is 1. The monoisotopic (exact) mass is 515 g/mol. The quantitative estimate of drug-likeness (QED) is 0.356. The van der Waals surface area contributed by atoms with E-state index < -0.39 is 11.1 Å². The van der Waals surface area contributed by atoms with Crippen molar-refractivity contribution in [1.82, 2.24) is 10.1 Å². The molecule has 6 aliphatic rings. The molecular weight excluding hydrogens is 481 g/mol. The molecule has 1 aromatic heterocycles. The number of methoxy groups -OCH3 is 1. The molecule has 2 aromatic carbocycles. The number of ether oxygens (including phenoxy) is 1. The Morgan fingerprint density at radius 3 is 2.26 bits per heavy atom. The van der Waals surface area contributed by atoms with E-state index in [1.807, 2.05) is 42.2 Å². The number of halogens is 1. The van der Waals surface area contributed by atoms with Crippen molar-refractivity contribution in [3.8, 4) is 16.9 Å². The minimum Gasteiger partial charge on any atom is -0.497 e. The van der Waals surface area contributed by atoms with Gasteiger partial charge in [0, 0.05) is 17.6 Å². The number of amides is 1. The number of alkyl halides is 1. The fourth-order valence-corrected chi connectivity index (χ4v) is 7.78. The average molecular weight is 516 g/mol. The Kier molecular flexibility index (Phi) is 5.11. The van der Waals surface area contributed by atoms with Crippen LogP contribution in [0.15, 0.2) is 53.1 Å². The summed E-state index contributed by atoms with van der Waals surface area (Å²) in [5.74, 6) is 2.37. The van der Waals surface area contributed by atoms with Gasteiger partial charge in [0.15, 0.2) is 5.82 Å². The normalized spacial score (nSPS) is 32.8. The van der Waals surface area contributed by atoms with Crippen molar-refractivity contribution in [2.75, 3.05) is 18.6 Å². The summed E-state index contributed by atoms with van der Waals surface area (Å²) < 4.78 is 25.6. The van der Waals surface area contributed by atoms with E-state index >= 15 is 0 Å². The molecule has 0 spiro atoms. The highest BCUT2D eigenvalue weighted by Crippen LogP contribution is 2.70. The Bertz CT molecular complexity index is 1370. The molecule has 4 bridgehead atoms. The van der Waals surface area contributed by atoms with Crippen LogP contribution >= 0.6 is 0 Å². The second-order valence-electron chi connectivity index (χ2n) is 12.6. The first kappa shape index (κ1) is 23.9. The van der Waals surface area contributed by atoms with Crippen LogP contribution in [0.4, 0.5) is 10.1 Å². The number of nitrogens with zero attached hydrogens (tertiary/aromatic N) is 3. The molecule has 6 aliphatic carbocycles. The molecule has 6 fully saturated rings. The third kappa shape index (κ3) is 3.61. The second-order valence-corrected chi connectivity index (χ2v) is 12.6. The molecule has 0 aliphatic heterocycles. The van der Waals surface area contributed by atoms with Crippen molar-refractivity contribution >= 4 is 11.6 Å². The van der Waals surface area contributed by atoms with Crippen LogP contribution < -0.4 is 9.64 Å². The molecule has 3 aromatic rings. The van der Waals surface area contributed by atoms with Gasteiger partial charge in [-0.3, -0.25) is 4.79 Å². The smallest absolute Gasteiger partial charge is 0.233 e. The predicted molar refractivity (Wildman–Crippen MR) is 142 cm³/mol.